The van der Waals surface area contributed by atoms with Crippen molar-refractivity contribution >= 4 is 0 Å². The van der Waals surface area contributed by atoms with E-state index in [9.17, 15) is 0 Å². The van der Waals surface area contributed by atoms with Crippen molar-refractivity contribution in [3.8, 4) is 0 Å². The van der Waals surface area contributed by atoms with Crippen molar-refractivity contribution in [2.24, 2.45) is 7.05 Å². The zero-order valence-corrected chi connectivity index (χ0v) is 10.9. The van der Waals surface area contributed by atoms with E-state index in [1.807, 2.05) is 0 Å². The molecule has 0 spiro atoms. The molecule has 4 nitrogen and oxygen atoms in total. The predicted octanol–water partition coefficient (Wildman–Crippen LogP) is 1.35. The molecule has 17 heavy (non-hydrogen) atoms. The minimum atomic E-state index is 1.05. The molecule has 0 radical (unpaired) electrons. The van der Waals surface area contributed by atoms with E-state index in [-0.39, 0.29) is 0 Å². The van der Waals surface area contributed by atoms with E-state index in [0.717, 1.165) is 19.6 Å². The fourth-order valence-corrected chi connectivity index (χ4v) is 3.08. The van der Waals surface area contributed by atoms with E-state index >= 15 is 0 Å². The second-order valence-electron chi connectivity index (χ2n) is 5.50. The molecular formula is C13H22N4. The predicted molar refractivity (Wildman–Crippen MR) is 67.5 cm³/mol. The Morgan fingerprint density at radius 2 is 1.82 bits per heavy atom. The number of aromatic nitrogens is 2. The van der Waals surface area contributed by atoms with Crippen molar-refractivity contribution < 1.29 is 0 Å². The maximum absolute atomic E-state index is 4.71. The largest absolute Gasteiger partial charge is 0.297 e. The molecule has 94 valence electrons. The number of fused-ring (bicyclic) bond motifs is 1. The summed E-state index contributed by atoms with van der Waals surface area (Å²) in [7, 11) is 4.27. The second-order valence-corrected chi connectivity index (χ2v) is 5.50. The first-order valence-electron chi connectivity index (χ1n) is 6.68. The highest BCUT2D eigenvalue weighted by Crippen LogP contribution is 2.25. The summed E-state index contributed by atoms with van der Waals surface area (Å²) in [6.07, 6.45) is 4.11. The van der Waals surface area contributed by atoms with Gasteiger partial charge in [0.15, 0.2) is 0 Å². The van der Waals surface area contributed by atoms with Crippen molar-refractivity contribution in [2.75, 3.05) is 20.1 Å². The number of hydrogen-bond acceptors (Lipinski definition) is 3. The van der Waals surface area contributed by atoms with Gasteiger partial charge in [-0.2, -0.15) is 5.10 Å². The second kappa shape index (κ2) is 4.42. The average molecular weight is 234 g/mol. The van der Waals surface area contributed by atoms with Gasteiger partial charge in [0.25, 0.3) is 0 Å². The number of rotatable bonds is 2. The SMILES string of the molecule is CN1Cc2c(CN3CCCCC3)nn(C)c2C1. The molecule has 0 bridgehead atoms. The summed E-state index contributed by atoms with van der Waals surface area (Å²) < 4.78 is 2.08. The van der Waals surface area contributed by atoms with Crippen LogP contribution in [0.5, 0.6) is 0 Å². The van der Waals surface area contributed by atoms with E-state index in [0.29, 0.717) is 0 Å². The molecular weight excluding hydrogens is 212 g/mol. The summed E-state index contributed by atoms with van der Waals surface area (Å²) in [6.45, 7) is 5.69. The van der Waals surface area contributed by atoms with Gasteiger partial charge in [-0.05, 0) is 33.0 Å². The summed E-state index contributed by atoms with van der Waals surface area (Å²) in [5, 5.41) is 4.71. The third-order valence-electron chi connectivity index (χ3n) is 4.03. The van der Waals surface area contributed by atoms with Gasteiger partial charge in [0.2, 0.25) is 0 Å². The van der Waals surface area contributed by atoms with Crippen LogP contribution in [0.2, 0.25) is 0 Å². The molecule has 1 fully saturated rings. The van der Waals surface area contributed by atoms with Crippen molar-refractivity contribution in [1.29, 1.82) is 0 Å². The van der Waals surface area contributed by atoms with Crippen molar-refractivity contribution in [2.45, 2.75) is 38.9 Å². The molecule has 0 saturated carbocycles. The average Bonchev–Trinajstić information content (AvgIpc) is 2.82. The highest BCUT2D eigenvalue weighted by atomic mass is 15.3. The van der Waals surface area contributed by atoms with Gasteiger partial charge >= 0.3 is 0 Å². The lowest BCUT2D eigenvalue weighted by atomic mass is 10.1. The summed E-state index contributed by atoms with van der Waals surface area (Å²) in [5.41, 5.74) is 4.22. The van der Waals surface area contributed by atoms with Gasteiger partial charge in [-0.1, -0.05) is 6.42 Å². The number of hydrogen-bond donors (Lipinski definition) is 0. The Kier molecular flexibility index (Phi) is 2.92. The number of nitrogens with zero attached hydrogens (tertiary/aromatic N) is 4. The summed E-state index contributed by atoms with van der Waals surface area (Å²) in [5.74, 6) is 0. The Hall–Kier alpha value is -0.870. The topological polar surface area (TPSA) is 24.3 Å². The molecule has 0 N–H and O–H groups in total. The minimum Gasteiger partial charge on any atom is -0.297 e. The molecule has 0 amide bonds. The fourth-order valence-electron chi connectivity index (χ4n) is 3.08. The molecule has 2 aliphatic rings. The molecule has 3 heterocycles. The van der Waals surface area contributed by atoms with Crippen LogP contribution in [0, 0.1) is 0 Å². The maximum Gasteiger partial charge on any atom is 0.0813 e. The van der Waals surface area contributed by atoms with Crippen LogP contribution in [-0.4, -0.2) is 39.7 Å². The third kappa shape index (κ3) is 2.11. The molecule has 1 aromatic rings. The van der Waals surface area contributed by atoms with Crippen LogP contribution in [0.15, 0.2) is 0 Å². The normalized spacial score (nSPS) is 22.0. The molecule has 1 saturated heterocycles. The lowest BCUT2D eigenvalue weighted by Gasteiger charge is -2.25. The molecule has 0 aromatic carbocycles. The van der Waals surface area contributed by atoms with Gasteiger partial charge < -0.3 is 0 Å². The summed E-state index contributed by atoms with van der Waals surface area (Å²) >= 11 is 0. The zero-order chi connectivity index (χ0) is 11.8. The van der Waals surface area contributed by atoms with Crippen LogP contribution in [0.4, 0.5) is 0 Å². The molecule has 2 aliphatic heterocycles. The zero-order valence-electron chi connectivity index (χ0n) is 10.9. The van der Waals surface area contributed by atoms with E-state index in [1.54, 1.807) is 0 Å². The van der Waals surface area contributed by atoms with Crippen molar-refractivity contribution in [3.05, 3.63) is 17.0 Å². The quantitative estimate of drug-likeness (QED) is 0.772. The monoisotopic (exact) mass is 234 g/mol. The first-order chi connectivity index (χ1) is 8.24. The van der Waals surface area contributed by atoms with Crippen molar-refractivity contribution in [3.63, 3.8) is 0 Å². The van der Waals surface area contributed by atoms with Crippen LogP contribution in [0.1, 0.15) is 36.2 Å². The van der Waals surface area contributed by atoms with Crippen LogP contribution < -0.4 is 0 Å². The molecule has 1 aromatic heterocycles. The molecule has 0 aliphatic carbocycles. The molecule has 0 atom stereocenters. The van der Waals surface area contributed by atoms with E-state index < -0.39 is 0 Å². The van der Waals surface area contributed by atoms with Crippen LogP contribution in [0.3, 0.4) is 0 Å². The highest BCUT2D eigenvalue weighted by Gasteiger charge is 2.25. The van der Waals surface area contributed by atoms with Gasteiger partial charge in [-0.15, -0.1) is 0 Å². The number of piperidine rings is 1. The van der Waals surface area contributed by atoms with E-state index in [4.69, 9.17) is 5.10 Å². The first-order valence-corrected chi connectivity index (χ1v) is 6.68. The lowest BCUT2D eigenvalue weighted by molar-refractivity contribution is 0.216. The smallest absolute Gasteiger partial charge is 0.0813 e. The Bertz CT molecular complexity index is 404. The molecule has 3 rings (SSSR count). The minimum absolute atomic E-state index is 1.05. The Balaban J connectivity index is 1.77. The first kappa shape index (κ1) is 11.2. The van der Waals surface area contributed by atoms with Crippen molar-refractivity contribution in [1.82, 2.24) is 19.6 Å². The Morgan fingerprint density at radius 3 is 2.59 bits per heavy atom. The highest BCUT2D eigenvalue weighted by molar-refractivity contribution is 5.29. The fraction of sp³-hybridized carbons (Fsp3) is 0.769. The van der Waals surface area contributed by atoms with E-state index in [1.165, 1.54) is 49.3 Å². The van der Waals surface area contributed by atoms with Crippen LogP contribution in [0.25, 0.3) is 0 Å². The maximum atomic E-state index is 4.71. The van der Waals surface area contributed by atoms with Crippen LogP contribution in [-0.2, 0) is 26.7 Å². The van der Waals surface area contributed by atoms with Gasteiger partial charge in [0, 0.05) is 32.2 Å². The third-order valence-corrected chi connectivity index (χ3v) is 4.03. The van der Waals surface area contributed by atoms with Gasteiger partial charge in [-0.3, -0.25) is 14.5 Å². The lowest BCUT2D eigenvalue weighted by Crippen LogP contribution is -2.29. The van der Waals surface area contributed by atoms with Gasteiger partial charge in [0.1, 0.15) is 0 Å². The molecule has 0 unspecified atom stereocenters. The Morgan fingerprint density at radius 1 is 1.06 bits per heavy atom. The summed E-state index contributed by atoms with van der Waals surface area (Å²) in [4.78, 5) is 4.93. The molecule has 4 heteroatoms. The van der Waals surface area contributed by atoms with Gasteiger partial charge in [-0.25, -0.2) is 0 Å². The van der Waals surface area contributed by atoms with E-state index in [2.05, 4.69) is 28.6 Å². The van der Waals surface area contributed by atoms with Gasteiger partial charge in [0.05, 0.1) is 11.4 Å². The summed E-state index contributed by atoms with van der Waals surface area (Å²) in [6, 6.07) is 0. The van der Waals surface area contributed by atoms with Crippen LogP contribution >= 0.6 is 0 Å². The standard InChI is InChI=1S/C13H22N4/c1-15-8-11-12(14-16(2)13(11)10-15)9-17-6-4-3-5-7-17/h3-10H2,1-2H3. The Labute approximate surface area is 103 Å². The number of aryl methyl sites for hydroxylation is 1. The number of likely N-dealkylation sites (tertiary alicyclic amines) is 1.